The summed E-state index contributed by atoms with van der Waals surface area (Å²) < 4.78 is 24.6. The first-order valence-corrected chi connectivity index (χ1v) is 7.95. The summed E-state index contributed by atoms with van der Waals surface area (Å²) in [6.45, 7) is 8.66. The van der Waals surface area contributed by atoms with E-state index in [4.69, 9.17) is 9.47 Å². The van der Waals surface area contributed by atoms with Gasteiger partial charge in [-0.15, -0.1) is 0 Å². The van der Waals surface area contributed by atoms with E-state index in [1.54, 1.807) is 19.2 Å². The van der Waals surface area contributed by atoms with E-state index in [2.05, 4.69) is 16.7 Å². The molecule has 2 heterocycles. The molecule has 22 heavy (non-hydrogen) atoms. The first-order chi connectivity index (χ1) is 10.7. The summed E-state index contributed by atoms with van der Waals surface area (Å²) in [7, 11) is 1.64. The Kier molecular flexibility index (Phi) is 4.96. The first-order valence-electron chi connectivity index (χ1n) is 7.95. The van der Waals surface area contributed by atoms with Crippen LogP contribution in [0.3, 0.4) is 0 Å². The lowest BCUT2D eigenvalue weighted by Crippen LogP contribution is -2.50. The smallest absolute Gasteiger partial charge is 0.123 e. The quantitative estimate of drug-likeness (QED) is 0.853. The van der Waals surface area contributed by atoms with Gasteiger partial charge in [-0.3, -0.25) is 9.80 Å². The van der Waals surface area contributed by atoms with Crippen molar-refractivity contribution in [3.8, 4) is 5.75 Å². The zero-order chi connectivity index (χ0) is 15.5. The van der Waals surface area contributed by atoms with Crippen LogP contribution in [0.2, 0.25) is 0 Å². The maximum atomic E-state index is 13.7. The van der Waals surface area contributed by atoms with Crippen LogP contribution in [-0.2, 0) is 4.74 Å². The van der Waals surface area contributed by atoms with Gasteiger partial charge in [-0.1, -0.05) is 0 Å². The molecule has 0 aromatic heterocycles. The molecular formula is C17H24FN2O2. The maximum Gasteiger partial charge on any atom is 0.123 e. The predicted molar refractivity (Wildman–Crippen MR) is 83.2 cm³/mol. The lowest BCUT2D eigenvalue weighted by Gasteiger charge is -2.40. The zero-order valence-corrected chi connectivity index (χ0v) is 13.1. The highest BCUT2D eigenvalue weighted by molar-refractivity contribution is 5.37. The topological polar surface area (TPSA) is 24.9 Å². The second-order valence-corrected chi connectivity index (χ2v) is 5.91. The number of likely N-dealkylation sites (tertiary alicyclic amines) is 1. The molecule has 1 aromatic rings. The molecule has 2 aliphatic heterocycles. The average Bonchev–Trinajstić information content (AvgIpc) is 3.04. The van der Waals surface area contributed by atoms with E-state index < -0.39 is 0 Å². The van der Waals surface area contributed by atoms with Gasteiger partial charge < -0.3 is 9.47 Å². The SMILES string of the molecule is [CH2]C(N1CCOCC1)N1CCC[C@@H]1c1cc(F)ccc1OC. The molecule has 5 heteroatoms. The molecule has 121 valence electrons. The normalized spacial score (nSPS) is 25.3. The van der Waals surface area contributed by atoms with Crippen molar-refractivity contribution < 1.29 is 13.9 Å². The van der Waals surface area contributed by atoms with Crippen molar-refractivity contribution in [3.05, 3.63) is 36.5 Å². The standard InChI is InChI=1S/C17H24FN2O2/c1-13(19-8-10-22-11-9-19)20-7-3-4-16(20)15-12-14(18)5-6-17(15)21-2/h5-6,12-13,16H,1,3-4,7-11H2,2H3/t13?,16-/m1/s1. The molecule has 0 amide bonds. The molecule has 2 atom stereocenters. The number of morpholine rings is 1. The first kappa shape index (κ1) is 15.7. The van der Waals surface area contributed by atoms with Crippen LogP contribution in [0, 0.1) is 12.7 Å². The third-order valence-electron chi connectivity index (χ3n) is 4.69. The zero-order valence-electron chi connectivity index (χ0n) is 13.1. The van der Waals surface area contributed by atoms with Gasteiger partial charge >= 0.3 is 0 Å². The van der Waals surface area contributed by atoms with Crippen LogP contribution in [0.5, 0.6) is 5.75 Å². The number of halogens is 1. The molecule has 4 nitrogen and oxygen atoms in total. The second-order valence-electron chi connectivity index (χ2n) is 5.91. The Labute approximate surface area is 131 Å². The highest BCUT2D eigenvalue weighted by Crippen LogP contribution is 2.39. The summed E-state index contributed by atoms with van der Waals surface area (Å²) in [6, 6.07) is 4.93. The fourth-order valence-corrected chi connectivity index (χ4v) is 3.53. The van der Waals surface area contributed by atoms with Gasteiger partial charge in [0.15, 0.2) is 0 Å². The lowest BCUT2D eigenvalue weighted by atomic mass is 10.0. The van der Waals surface area contributed by atoms with Gasteiger partial charge in [0.1, 0.15) is 11.6 Å². The van der Waals surface area contributed by atoms with Gasteiger partial charge in [-0.05, 0) is 38.0 Å². The number of hydrogen-bond acceptors (Lipinski definition) is 4. The number of nitrogens with zero attached hydrogens (tertiary/aromatic N) is 2. The largest absolute Gasteiger partial charge is 0.496 e. The van der Waals surface area contributed by atoms with E-state index in [1.807, 2.05) is 0 Å². The predicted octanol–water partition coefficient (Wildman–Crippen LogP) is 2.46. The fourth-order valence-electron chi connectivity index (χ4n) is 3.53. The fraction of sp³-hybridized carbons (Fsp3) is 0.588. The Morgan fingerprint density at radius 3 is 2.82 bits per heavy atom. The minimum absolute atomic E-state index is 0.0874. The van der Waals surface area contributed by atoms with E-state index >= 15 is 0 Å². The average molecular weight is 307 g/mol. The van der Waals surface area contributed by atoms with Crippen molar-refractivity contribution in [3.63, 3.8) is 0 Å². The Bertz CT molecular complexity index is 505. The number of benzene rings is 1. The van der Waals surface area contributed by atoms with E-state index in [-0.39, 0.29) is 18.0 Å². The summed E-state index contributed by atoms with van der Waals surface area (Å²) in [6.07, 6.45) is 2.20. The Morgan fingerprint density at radius 2 is 2.09 bits per heavy atom. The highest BCUT2D eigenvalue weighted by atomic mass is 19.1. The molecule has 0 bridgehead atoms. The van der Waals surface area contributed by atoms with E-state index in [0.717, 1.165) is 57.0 Å². The van der Waals surface area contributed by atoms with Crippen LogP contribution >= 0.6 is 0 Å². The highest BCUT2D eigenvalue weighted by Gasteiger charge is 2.34. The van der Waals surface area contributed by atoms with Crippen molar-refractivity contribution in [2.75, 3.05) is 40.0 Å². The molecule has 0 saturated carbocycles. The molecule has 1 aromatic carbocycles. The number of methoxy groups -OCH3 is 1. The van der Waals surface area contributed by atoms with Crippen molar-refractivity contribution in [2.24, 2.45) is 0 Å². The van der Waals surface area contributed by atoms with Crippen LogP contribution in [0.4, 0.5) is 4.39 Å². The second kappa shape index (κ2) is 6.94. The molecular weight excluding hydrogens is 283 g/mol. The molecule has 0 spiro atoms. The Balaban J connectivity index is 1.82. The summed E-state index contributed by atoms with van der Waals surface area (Å²) in [5.74, 6) is 0.544. The molecule has 2 fully saturated rings. The van der Waals surface area contributed by atoms with E-state index in [0.29, 0.717) is 0 Å². The van der Waals surface area contributed by atoms with Crippen molar-refractivity contribution in [1.82, 2.24) is 9.80 Å². The molecule has 2 aliphatic rings. The molecule has 2 saturated heterocycles. The number of rotatable bonds is 4. The van der Waals surface area contributed by atoms with Gasteiger partial charge in [-0.2, -0.15) is 0 Å². The molecule has 0 aliphatic carbocycles. The van der Waals surface area contributed by atoms with Crippen LogP contribution < -0.4 is 4.74 Å². The molecule has 0 N–H and O–H groups in total. The monoisotopic (exact) mass is 307 g/mol. The lowest BCUT2D eigenvalue weighted by molar-refractivity contribution is -0.0212. The van der Waals surface area contributed by atoms with E-state index in [1.165, 1.54) is 6.07 Å². The van der Waals surface area contributed by atoms with Crippen molar-refractivity contribution in [2.45, 2.75) is 25.0 Å². The number of ether oxygens (including phenoxy) is 2. The van der Waals surface area contributed by atoms with Crippen LogP contribution in [-0.4, -0.2) is 55.9 Å². The molecule has 1 unspecified atom stereocenters. The summed E-state index contributed by atoms with van der Waals surface area (Å²) >= 11 is 0. The third-order valence-corrected chi connectivity index (χ3v) is 4.69. The third kappa shape index (κ3) is 3.12. The van der Waals surface area contributed by atoms with Gasteiger partial charge in [0, 0.05) is 31.2 Å². The Hall–Kier alpha value is -1.17. The summed E-state index contributed by atoms with van der Waals surface area (Å²) in [5.41, 5.74) is 0.932. The minimum Gasteiger partial charge on any atom is -0.496 e. The van der Waals surface area contributed by atoms with Gasteiger partial charge in [0.25, 0.3) is 0 Å². The van der Waals surface area contributed by atoms with Crippen molar-refractivity contribution in [1.29, 1.82) is 0 Å². The summed E-state index contributed by atoms with van der Waals surface area (Å²) in [5, 5.41) is 0. The van der Waals surface area contributed by atoms with Gasteiger partial charge in [0.2, 0.25) is 0 Å². The minimum atomic E-state index is -0.213. The van der Waals surface area contributed by atoms with Crippen LogP contribution in [0.15, 0.2) is 18.2 Å². The molecule has 1 radical (unpaired) electrons. The van der Waals surface area contributed by atoms with E-state index in [9.17, 15) is 4.39 Å². The molecule has 3 rings (SSSR count). The van der Waals surface area contributed by atoms with Crippen molar-refractivity contribution >= 4 is 0 Å². The van der Waals surface area contributed by atoms with Crippen LogP contribution in [0.1, 0.15) is 24.4 Å². The number of hydrogen-bond donors (Lipinski definition) is 0. The maximum absolute atomic E-state index is 13.7. The van der Waals surface area contributed by atoms with Crippen LogP contribution in [0.25, 0.3) is 0 Å². The Morgan fingerprint density at radius 1 is 1.32 bits per heavy atom. The summed E-state index contributed by atoms with van der Waals surface area (Å²) in [4.78, 5) is 4.70. The van der Waals surface area contributed by atoms with Gasteiger partial charge in [-0.25, -0.2) is 4.39 Å². The van der Waals surface area contributed by atoms with Gasteiger partial charge in [0.05, 0.1) is 26.5 Å².